The number of likely N-dealkylation sites (tertiary alicyclic amines) is 1. The van der Waals surface area contributed by atoms with Crippen molar-refractivity contribution >= 4 is 11.8 Å². The van der Waals surface area contributed by atoms with E-state index in [-0.39, 0.29) is 11.8 Å². The predicted octanol–water partition coefficient (Wildman–Crippen LogP) is 0.673. The van der Waals surface area contributed by atoms with Gasteiger partial charge in [0.2, 0.25) is 5.91 Å². The summed E-state index contributed by atoms with van der Waals surface area (Å²) in [4.78, 5) is 29.9. The molecule has 1 aliphatic heterocycles. The molecule has 0 atom stereocenters. The molecule has 2 heterocycles. The van der Waals surface area contributed by atoms with Crippen LogP contribution in [0.15, 0.2) is 18.3 Å². The molecule has 6 heteroatoms. The summed E-state index contributed by atoms with van der Waals surface area (Å²) in [6.45, 7) is 2.34. The van der Waals surface area contributed by atoms with Gasteiger partial charge in [-0.2, -0.15) is 0 Å². The van der Waals surface area contributed by atoms with Crippen molar-refractivity contribution in [3.05, 3.63) is 29.6 Å². The Bertz CT molecular complexity index is 498. The maximum absolute atomic E-state index is 12.0. The van der Waals surface area contributed by atoms with Crippen LogP contribution in [0.2, 0.25) is 0 Å². The summed E-state index contributed by atoms with van der Waals surface area (Å²) in [6.07, 6.45) is 5.27. The summed E-state index contributed by atoms with van der Waals surface area (Å²) in [7, 11) is 0. The molecule has 1 aromatic rings. The van der Waals surface area contributed by atoms with E-state index in [2.05, 4.69) is 10.3 Å². The van der Waals surface area contributed by atoms with Gasteiger partial charge in [-0.05, 0) is 31.4 Å². The van der Waals surface area contributed by atoms with Crippen LogP contribution in [0.1, 0.15) is 41.7 Å². The zero-order valence-electron chi connectivity index (χ0n) is 12.2. The van der Waals surface area contributed by atoms with Crippen LogP contribution in [-0.2, 0) is 11.3 Å². The van der Waals surface area contributed by atoms with Crippen LogP contribution in [0.4, 0.5) is 0 Å². The van der Waals surface area contributed by atoms with Crippen LogP contribution < -0.4 is 11.1 Å². The number of amides is 2. The van der Waals surface area contributed by atoms with Gasteiger partial charge in [0.15, 0.2) is 0 Å². The number of piperidine rings is 1. The lowest BCUT2D eigenvalue weighted by Crippen LogP contribution is -2.37. The van der Waals surface area contributed by atoms with E-state index in [0.29, 0.717) is 30.8 Å². The molecule has 1 saturated heterocycles. The summed E-state index contributed by atoms with van der Waals surface area (Å²) >= 11 is 0. The molecule has 1 fully saturated rings. The van der Waals surface area contributed by atoms with Crippen molar-refractivity contribution in [2.24, 2.45) is 5.73 Å². The third kappa shape index (κ3) is 4.53. The molecule has 0 radical (unpaired) electrons. The molecule has 0 aromatic carbocycles. The molecule has 0 saturated carbocycles. The maximum atomic E-state index is 12.0. The largest absolute Gasteiger partial charge is 0.352 e. The fraction of sp³-hybridized carbons (Fsp3) is 0.533. The van der Waals surface area contributed by atoms with E-state index in [1.54, 1.807) is 18.3 Å². The Labute approximate surface area is 124 Å². The molecule has 21 heavy (non-hydrogen) atoms. The summed E-state index contributed by atoms with van der Waals surface area (Å²) < 4.78 is 0. The molecule has 1 aliphatic rings. The minimum absolute atomic E-state index is 0.118. The molecule has 114 valence electrons. The van der Waals surface area contributed by atoms with Gasteiger partial charge < -0.3 is 16.0 Å². The fourth-order valence-corrected chi connectivity index (χ4v) is 2.42. The highest BCUT2D eigenvalue weighted by molar-refractivity contribution is 5.94. The lowest BCUT2D eigenvalue weighted by Gasteiger charge is -2.26. The number of hydrogen-bond acceptors (Lipinski definition) is 4. The van der Waals surface area contributed by atoms with Crippen molar-refractivity contribution in [3.63, 3.8) is 0 Å². The van der Waals surface area contributed by atoms with Gasteiger partial charge in [-0.25, -0.2) is 0 Å². The molecule has 1 aromatic heterocycles. The van der Waals surface area contributed by atoms with E-state index in [1.807, 2.05) is 4.90 Å². The SMILES string of the molecule is NCc1cc(C(=O)NCCC(=O)N2CCCCC2)ccn1. The topological polar surface area (TPSA) is 88.3 Å². The average molecular weight is 290 g/mol. The number of aromatic nitrogens is 1. The lowest BCUT2D eigenvalue weighted by molar-refractivity contribution is -0.131. The molecular weight excluding hydrogens is 268 g/mol. The zero-order valence-corrected chi connectivity index (χ0v) is 12.2. The third-order valence-electron chi connectivity index (χ3n) is 3.62. The number of carbonyl (C=O) groups is 2. The first kappa shape index (κ1) is 15.4. The van der Waals surface area contributed by atoms with Crippen molar-refractivity contribution in [2.75, 3.05) is 19.6 Å². The van der Waals surface area contributed by atoms with Crippen molar-refractivity contribution in [1.29, 1.82) is 0 Å². The predicted molar refractivity (Wildman–Crippen MR) is 79.5 cm³/mol. The summed E-state index contributed by atoms with van der Waals surface area (Å²) in [5.41, 5.74) is 6.69. The van der Waals surface area contributed by atoms with Gasteiger partial charge in [0.1, 0.15) is 0 Å². The molecule has 3 N–H and O–H groups in total. The van der Waals surface area contributed by atoms with E-state index >= 15 is 0 Å². The van der Waals surface area contributed by atoms with E-state index < -0.39 is 0 Å². The van der Waals surface area contributed by atoms with Crippen molar-refractivity contribution in [1.82, 2.24) is 15.2 Å². The third-order valence-corrected chi connectivity index (χ3v) is 3.62. The van der Waals surface area contributed by atoms with E-state index in [4.69, 9.17) is 5.73 Å². The number of nitrogens with zero attached hydrogens (tertiary/aromatic N) is 2. The second kappa shape index (κ2) is 7.73. The van der Waals surface area contributed by atoms with Gasteiger partial charge >= 0.3 is 0 Å². The van der Waals surface area contributed by atoms with Gasteiger partial charge in [-0.3, -0.25) is 14.6 Å². The first-order valence-corrected chi connectivity index (χ1v) is 7.41. The minimum atomic E-state index is -0.196. The van der Waals surface area contributed by atoms with Crippen LogP contribution in [0.5, 0.6) is 0 Å². The molecule has 2 amide bonds. The highest BCUT2D eigenvalue weighted by Crippen LogP contribution is 2.09. The Morgan fingerprint density at radius 2 is 2.05 bits per heavy atom. The Morgan fingerprint density at radius 1 is 1.29 bits per heavy atom. The van der Waals surface area contributed by atoms with Gasteiger partial charge in [0, 0.05) is 44.4 Å². The smallest absolute Gasteiger partial charge is 0.251 e. The standard InChI is InChI=1S/C15H22N4O2/c16-11-13-10-12(4-6-17-13)15(21)18-7-5-14(20)19-8-2-1-3-9-19/h4,6,10H,1-3,5,7-9,11,16H2,(H,18,21). The molecule has 2 rings (SSSR count). The Hall–Kier alpha value is -1.95. The van der Waals surface area contributed by atoms with Crippen LogP contribution >= 0.6 is 0 Å². The quantitative estimate of drug-likeness (QED) is 0.834. The van der Waals surface area contributed by atoms with Gasteiger partial charge in [-0.1, -0.05) is 0 Å². The molecule has 6 nitrogen and oxygen atoms in total. The molecule has 0 unspecified atom stereocenters. The fourth-order valence-electron chi connectivity index (χ4n) is 2.42. The average Bonchev–Trinajstić information content (AvgIpc) is 2.55. The molecule has 0 bridgehead atoms. The summed E-state index contributed by atoms with van der Waals surface area (Å²) in [5, 5.41) is 2.77. The number of carbonyl (C=O) groups excluding carboxylic acids is 2. The summed E-state index contributed by atoms with van der Waals surface area (Å²) in [6, 6.07) is 3.31. The van der Waals surface area contributed by atoms with Crippen LogP contribution in [0, 0.1) is 0 Å². The Morgan fingerprint density at radius 3 is 2.76 bits per heavy atom. The van der Waals surface area contributed by atoms with Gasteiger partial charge in [-0.15, -0.1) is 0 Å². The second-order valence-corrected chi connectivity index (χ2v) is 5.19. The molecular formula is C15H22N4O2. The van der Waals surface area contributed by atoms with Crippen LogP contribution in [0.25, 0.3) is 0 Å². The summed E-state index contributed by atoms with van der Waals surface area (Å²) in [5.74, 6) is -0.0779. The number of hydrogen-bond donors (Lipinski definition) is 2. The van der Waals surface area contributed by atoms with Crippen LogP contribution in [0.3, 0.4) is 0 Å². The van der Waals surface area contributed by atoms with Crippen LogP contribution in [-0.4, -0.2) is 41.3 Å². The zero-order chi connectivity index (χ0) is 15.1. The first-order chi connectivity index (χ1) is 10.2. The minimum Gasteiger partial charge on any atom is -0.352 e. The monoisotopic (exact) mass is 290 g/mol. The Kier molecular flexibility index (Phi) is 5.68. The number of pyridine rings is 1. The van der Waals surface area contributed by atoms with E-state index in [1.165, 1.54) is 6.42 Å². The maximum Gasteiger partial charge on any atom is 0.251 e. The lowest BCUT2D eigenvalue weighted by atomic mass is 10.1. The normalized spacial score (nSPS) is 14.8. The highest BCUT2D eigenvalue weighted by atomic mass is 16.2. The van der Waals surface area contributed by atoms with E-state index in [0.717, 1.165) is 25.9 Å². The first-order valence-electron chi connectivity index (χ1n) is 7.41. The van der Waals surface area contributed by atoms with Crippen molar-refractivity contribution in [2.45, 2.75) is 32.2 Å². The number of nitrogens with two attached hydrogens (primary N) is 1. The van der Waals surface area contributed by atoms with E-state index in [9.17, 15) is 9.59 Å². The Balaban J connectivity index is 1.77. The van der Waals surface area contributed by atoms with Gasteiger partial charge in [0.25, 0.3) is 5.91 Å². The van der Waals surface area contributed by atoms with Crippen molar-refractivity contribution in [3.8, 4) is 0 Å². The highest BCUT2D eigenvalue weighted by Gasteiger charge is 2.16. The number of rotatable bonds is 5. The van der Waals surface area contributed by atoms with Crippen molar-refractivity contribution < 1.29 is 9.59 Å². The molecule has 0 spiro atoms. The number of nitrogens with one attached hydrogen (secondary N) is 1. The van der Waals surface area contributed by atoms with Gasteiger partial charge in [0.05, 0.1) is 5.69 Å². The second-order valence-electron chi connectivity index (χ2n) is 5.19. The molecule has 0 aliphatic carbocycles.